The molecule has 5 nitrogen and oxygen atoms in total. The van der Waals surface area contributed by atoms with Gasteiger partial charge < -0.3 is 10.1 Å². The molecule has 0 spiro atoms. The lowest BCUT2D eigenvalue weighted by molar-refractivity contribution is -0.295. The van der Waals surface area contributed by atoms with Crippen LogP contribution in [0.2, 0.25) is 5.02 Å². The van der Waals surface area contributed by atoms with Crippen molar-refractivity contribution in [2.45, 2.75) is 55.9 Å². The molecule has 1 aliphatic carbocycles. The highest BCUT2D eigenvalue weighted by molar-refractivity contribution is 6.31. The van der Waals surface area contributed by atoms with Gasteiger partial charge >= 0.3 is 23.7 Å². The van der Waals surface area contributed by atoms with Gasteiger partial charge in [-0.15, -0.1) is 0 Å². The molecule has 0 saturated heterocycles. The first-order valence-electron chi connectivity index (χ1n) is 9.17. The van der Waals surface area contributed by atoms with E-state index in [2.05, 4.69) is 4.74 Å². The molecule has 0 aromatic heterocycles. The van der Waals surface area contributed by atoms with E-state index < -0.39 is 47.6 Å². The zero-order valence-corrected chi connectivity index (χ0v) is 16.9. The predicted octanol–water partition coefficient (Wildman–Crippen LogP) is 4.26. The van der Waals surface area contributed by atoms with E-state index in [0.29, 0.717) is 6.42 Å². The number of carbonyl (C=O) groups excluding carboxylic acids is 3. The molecule has 31 heavy (non-hydrogen) atoms. The number of nitrogens with one attached hydrogen (secondary N) is 1. The second kappa shape index (κ2) is 8.68. The van der Waals surface area contributed by atoms with Gasteiger partial charge in [0.25, 0.3) is 5.91 Å². The van der Waals surface area contributed by atoms with E-state index in [0.717, 1.165) is 6.92 Å². The fraction of sp³-hybridized carbons (Fsp3) is 0.526. The van der Waals surface area contributed by atoms with Gasteiger partial charge in [-0.25, -0.2) is 4.79 Å². The minimum Gasteiger partial charge on any atom is -0.461 e. The van der Waals surface area contributed by atoms with Crippen LogP contribution in [0.4, 0.5) is 26.3 Å². The van der Waals surface area contributed by atoms with Crippen molar-refractivity contribution in [3.8, 4) is 0 Å². The summed E-state index contributed by atoms with van der Waals surface area (Å²) in [5.74, 6) is -25.1. The van der Waals surface area contributed by atoms with Crippen LogP contribution in [0.15, 0.2) is 24.3 Å². The molecule has 1 atom stereocenters. The van der Waals surface area contributed by atoms with Crippen LogP contribution in [-0.4, -0.2) is 42.0 Å². The first-order chi connectivity index (χ1) is 14.3. The van der Waals surface area contributed by atoms with E-state index in [1.54, 1.807) is 5.32 Å². The summed E-state index contributed by atoms with van der Waals surface area (Å²) in [5.41, 5.74) is -2.35. The Kier molecular flexibility index (Phi) is 6.99. The van der Waals surface area contributed by atoms with Gasteiger partial charge in [0.1, 0.15) is 5.54 Å². The molecule has 1 saturated carbocycles. The number of carbonyl (C=O) groups is 3. The number of amides is 1. The number of benzene rings is 1. The molecule has 1 N–H and O–H groups in total. The molecular weight excluding hydrogens is 456 g/mol. The maximum atomic E-state index is 14.4. The number of ether oxygens (including phenoxy) is 1. The Balaban J connectivity index is 2.49. The summed E-state index contributed by atoms with van der Waals surface area (Å²) >= 11 is 6.03. The molecule has 0 aliphatic heterocycles. The highest BCUT2D eigenvalue weighted by atomic mass is 35.5. The summed E-state index contributed by atoms with van der Waals surface area (Å²) in [6.45, 7) is 0.214. The van der Waals surface area contributed by atoms with Crippen molar-refractivity contribution in [1.82, 2.24) is 5.32 Å². The van der Waals surface area contributed by atoms with Crippen LogP contribution in [0.3, 0.4) is 0 Å². The lowest BCUT2D eigenvalue weighted by Crippen LogP contribution is -2.66. The quantitative estimate of drug-likeness (QED) is 0.474. The fourth-order valence-corrected chi connectivity index (χ4v) is 3.58. The molecule has 1 unspecified atom stereocenters. The molecule has 12 heteroatoms. The lowest BCUT2D eigenvalue weighted by atomic mass is 9.75. The predicted molar refractivity (Wildman–Crippen MR) is 96.2 cm³/mol. The van der Waals surface area contributed by atoms with Crippen LogP contribution in [0.1, 0.15) is 38.2 Å². The molecule has 1 fully saturated rings. The fourth-order valence-electron chi connectivity index (χ4n) is 3.28. The second-order valence-electron chi connectivity index (χ2n) is 6.91. The molecule has 1 aliphatic rings. The summed E-state index contributed by atoms with van der Waals surface area (Å²) in [5, 5.41) is 1.42. The van der Waals surface area contributed by atoms with E-state index >= 15 is 0 Å². The lowest BCUT2D eigenvalue weighted by Gasteiger charge is -2.39. The monoisotopic (exact) mass is 473 g/mol. The van der Waals surface area contributed by atoms with Crippen LogP contribution in [0, 0.1) is 0 Å². The normalized spacial score (nSPS) is 20.3. The number of alkyl halides is 6. The van der Waals surface area contributed by atoms with E-state index in [1.807, 2.05) is 0 Å². The Labute approximate surface area is 178 Å². The Bertz CT molecular complexity index is 879. The Morgan fingerprint density at radius 1 is 1.10 bits per heavy atom. The molecule has 0 heterocycles. The number of ketones is 1. The van der Waals surface area contributed by atoms with E-state index in [9.17, 15) is 40.7 Å². The summed E-state index contributed by atoms with van der Waals surface area (Å²) in [6.07, 6.45) is 0.121. The molecule has 1 aromatic carbocycles. The topological polar surface area (TPSA) is 72.5 Å². The minimum absolute atomic E-state index is 0.120. The summed E-state index contributed by atoms with van der Waals surface area (Å²) < 4.78 is 88.2. The number of Topliss-reactive ketones (excluding diaryl/α,β-unsaturated/α-hetero) is 1. The van der Waals surface area contributed by atoms with Gasteiger partial charge in [-0.1, -0.05) is 29.8 Å². The molecule has 2 rings (SSSR count). The average Bonchev–Trinajstić information content (AvgIpc) is 2.70. The average molecular weight is 474 g/mol. The minimum atomic E-state index is -6.45. The van der Waals surface area contributed by atoms with Crippen molar-refractivity contribution < 1.29 is 45.5 Å². The number of hydrogen-bond acceptors (Lipinski definition) is 4. The van der Waals surface area contributed by atoms with Crippen molar-refractivity contribution >= 4 is 29.3 Å². The summed E-state index contributed by atoms with van der Waals surface area (Å²) in [4.78, 5) is 36.0. The zero-order valence-electron chi connectivity index (χ0n) is 16.1. The molecule has 172 valence electrons. The number of halogens is 7. The van der Waals surface area contributed by atoms with Crippen molar-refractivity contribution in [2.75, 3.05) is 6.61 Å². The third kappa shape index (κ3) is 4.11. The second-order valence-corrected chi connectivity index (χ2v) is 7.32. The van der Waals surface area contributed by atoms with Crippen LogP contribution in [0.5, 0.6) is 0 Å². The van der Waals surface area contributed by atoms with E-state index in [4.69, 9.17) is 11.6 Å². The molecule has 0 radical (unpaired) electrons. The van der Waals surface area contributed by atoms with Crippen molar-refractivity contribution in [3.05, 3.63) is 34.9 Å². The van der Waals surface area contributed by atoms with Crippen LogP contribution < -0.4 is 5.32 Å². The van der Waals surface area contributed by atoms with Gasteiger partial charge in [-0.2, -0.15) is 26.3 Å². The Morgan fingerprint density at radius 3 is 2.26 bits per heavy atom. The first kappa shape index (κ1) is 25.0. The maximum Gasteiger partial charge on any atom is 0.411 e. The standard InChI is InChI=1S/C19H18ClF6NO4/c1-2-31-15(30)18(23,24)19(25,26)17(21,22)14(29)27-16(10-6-5-9-13(16)28)11-7-3-4-8-12(11)20/h3-4,7-8H,2,5-6,9-10H2,1H3,(H,27,29). The Hall–Kier alpha value is -2.30. The number of hydrogen-bond donors (Lipinski definition) is 1. The highest BCUT2D eigenvalue weighted by Crippen LogP contribution is 2.47. The van der Waals surface area contributed by atoms with Gasteiger partial charge in [0.15, 0.2) is 5.78 Å². The third-order valence-corrected chi connectivity index (χ3v) is 5.28. The smallest absolute Gasteiger partial charge is 0.411 e. The van der Waals surface area contributed by atoms with Crippen molar-refractivity contribution in [2.24, 2.45) is 0 Å². The van der Waals surface area contributed by atoms with Crippen molar-refractivity contribution in [3.63, 3.8) is 0 Å². The first-order valence-corrected chi connectivity index (χ1v) is 9.55. The maximum absolute atomic E-state index is 14.4. The van der Waals surface area contributed by atoms with Gasteiger partial charge in [0, 0.05) is 17.0 Å². The van der Waals surface area contributed by atoms with Gasteiger partial charge in [-0.05, 0) is 32.3 Å². The zero-order chi connectivity index (χ0) is 23.7. The van der Waals surface area contributed by atoms with Crippen LogP contribution in [-0.2, 0) is 24.7 Å². The van der Waals surface area contributed by atoms with E-state index in [-0.39, 0.29) is 29.8 Å². The van der Waals surface area contributed by atoms with Gasteiger partial charge in [0.2, 0.25) is 0 Å². The summed E-state index contributed by atoms with van der Waals surface area (Å²) in [6, 6.07) is 5.33. The van der Waals surface area contributed by atoms with E-state index in [1.165, 1.54) is 24.3 Å². The molecule has 1 amide bonds. The summed E-state index contributed by atoms with van der Waals surface area (Å²) in [7, 11) is 0. The number of esters is 1. The molecule has 0 bridgehead atoms. The van der Waals surface area contributed by atoms with Gasteiger partial charge in [0.05, 0.1) is 6.61 Å². The molecular formula is C19H18ClF6NO4. The number of rotatable bonds is 7. The van der Waals surface area contributed by atoms with Crippen molar-refractivity contribution in [1.29, 1.82) is 0 Å². The highest BCUT2D eigenvalue weighted by Gasteiger charge is 2.79. The largest absolute Gasteiger partial charge is 0.461 e. The Morgan fingerprint density at radius 2 is 1.71 bits per heavy atom. The van der Waals surface area contributed by atoms with Gasteiger partial charge in [-0.3, -0.25) is 9.59 Å². The SMILES string of the molecule is CCOC(=O)C(F)(F)C(F)(F)C(F)(F)C(=O)NC1(c2ccccc2Cl)CCCCC1=O. The third-order valence-electron chi connectivity index (χ3n) is 4.95. The van der Waals surface area contributed by atoms with Crippen LogP contribution in [0.25, 0.3) is 0 Å². The van der Waals surface area contributed by atoms with Crippen LogP contribution >= 0.6 is 11.6 Å². The molecule has 1 aromatic rings.